The number of carbonyl (C=O) groups is 1. The van der Waals surface area contributed by atoms with Crippen LogP contribution in [0.25, 0.3) is 0 Å². The van der Waals surface area contributed by atoms with E-state index in [0.29, 0.717) is 5.69 Å². The van der Waals surface area contributed by atoms with Crippen molar-refractivity contribution in [2.75, 3.05) is 19.0 Å². The van der Waals surface area contributed by atoms with Crippen molar-refractivity contribution < 1.29 is 13.9 Å². The Kier molecular flexibility index (Phi) is 4.60. The maximum atomic E-state index is 11.7. The van der Waals surface area contributed by atoms with Crippen LogP contribution in [0.15, 0.2) is 24.3 Å². The smallest absolute Gasteiger partial charge is 0.310 e. The number of benzene rings is 1. The monoisotopic (exact) mass is 211 g/mol. The SMILES string of the molecule is Nc1ccccc1CC(=O)OCCCF. The van der Waals surface area contributed by atoms with E-state index < -0.39 is 6.67 Å². The summed E-state index contributed by atoms with van der Waals surface area (Å²) in [4.78, 5) is 11.2. The second-order valence-electron chi connectivity index (χ2n) is 3.14. The minimum absolute atomic E-state index is 0.127. The van der Waals surface area contributed by atoms with Crippen molar-refractivity contribution in [3.05, 3.63) is 29.8 Å². The number of nitrogens with two attached hydrogens (primary N) is 1. The summed E-state index contributed by atoms with van der Waals surface area (Å²) in [7, 11) is 0. The number of para-hydroxylation sites is 1. The Morgan fingerprint density at radius 3 is 2.80 bits per heavy atom. The molecule has 0 bridgehead atoms. The number of hydrogen-bond acceptors (Lipinski definition) is 3. The van der Waals surface area contributed by atoms with E-state index in [0.717, 1.165) is 5.56 Å². The van der Waals surface area contributed by atoms with E-state index >= 15 is 0 Å². The topological polar surface area (TPSA) is 52.3 Å². The zero-order chi connectivity index (χ0) is 11.1. The highest BCUT2D eigenvalue weighted by molar-refractivity contribution is 5.74. The Balaban J connectivity index is 2.41. The average Bonchev–Trinajstić information content (AvgIpc) is 2.22. The van der Waals surface area contributed by atoms with Gasteiger partial charge in [0.1, 0.15) is 0 Å². The lowest BCUT2D eigenvalue weighted by Gasteiger charge is -2.05. The summed E-state index contributed by atoms with van der Waals surface area (Å²) in [6.45, 7) is -0.344. The van der Waals surface area contributed by atoms with E-state index in [1.807, 2.05) is 0 Å². The van der Waals surface area contributed by atoms with Crippen molar-refractivity contribution >= 4 is 11.7 Å². The van der Waals surface area contributed by atoms with Crippen LogP contribution in [0.4, 0.5) is 10.1 Å². The van der Waals surface area contributed by atoms with Gasteiger partial charge in [0.25, 0.3) is 0 Å². The number of anilines is 1. The lowest BCUT2D eigenvalue weighted by molar-refractivity contribution is -0.142. The van der Waals surface area contributed by atoms with Gasteiger partial charge in [-0.1, -0.05) is 18.2 Å². The second kappa shape index (κ2) is 6.01. The van der Waals surface area contributed by atoms with Crippen molar-refractivity contribution in [3.63, 3.8) is 0 Å². The Bertz CT molecular complexity index is 328. The molecule has 3 nitrogen and oxygen atoms in total. The Morgan fingerprint density at radius 1 is 1.40 bits per heavy atom. The summed E-state index contributed by atoms with van der Waals surface area (Å²) < 4.78 is 16.5. The van der Waals surface area contributed by atoms with Gasteiger partial charge in [-0.3, -0.25) is 9.18 Å². The van der Waals surface area contributed by atoms with E-state index in [-0.39, 0.29) is 25.4 Å². The van der Waals surface area contributed by atoms with Gasteiger partial charge in [0.2, 0.25) is 0 Å². The molecule has 0 radical (unpaired) electrons. The van der Waals surface area contributed by atoms with Gasteiger partial charge < -0.3 is 10.5 Å². The van der Waals surface area contributed by atoms with Crippen LogP contribution in [0.3, 0.4) is 0 Å². The molecule has 0 heterocycles. The molecule has 0 aromatic heterocycles. The van der Waals surface area contributed by atoms with Crippen LogP contribution in [-0.2, 0) is 16.0 Å². The molecule has 0 unspecified atom stereocenters. The van der Waals surface area contributed by atoms with Gasteiger partial charge >= 0.3 is 5.97 Å². The Hall–Kier alpha value is -1.58. The molecule has 0 aliphatic rings. The normalized spacial score (nSPS) is 9.93. The molecule has 0 fully saturated rings. The van der Waals surface area contributed by atoms with Crippen molar-refractivity contribution in [2.45, 2.75) is 12.8 Å². The number of nitrogen functional groups attached to an aromatic ring is 1. The summed E-state index contributed by atoms with van der Waals surface area (Å²) in [5.74, 6) is -0.374. The fourth-order valence-corrected chi connectivity index (χ4v) is 1.14. The highest BCUT2D eigenvalue weighted by Gasteiger charge is 2.06. The molecule has 0 spiro atoms. The van der Waals surface area contributed by atoms with Crippen LogP contribution in [0.5, 0.6) is 0 Å². The third kappa shape index (κ3) is 3.97. The van der Waals surface area contributed by atoms with Crippen molar-refractivity contribution in [1.29, 1.82) is 0 Å². The van der Waals surface area contributed by atoms with Crippen molar-refractivity contribution in [1.82, 2.24) is 0 Å². The zero-order valence-electron chi connectivity index (χ0n) is 8.41. The van der Waals surface area contributed by atoms with Crippen LogP contribution < -0.4 is 5.73 Å². The van der Waals surface area contributed by atoms with E-state index in [1.54, 1.807) is 24.3 Å². The molecule has 82 valence electrons. The molecule has 1 aromatic carbocycles. The van der Waals surface area contributed by atoms with Gasteiger partial charge in [0.05, 0.1) is 19.7 Å². The number of carbonyl (C=O) groups excluding carboxylic acids is 1. The molecule has 15 heavy (non-hydrogen) atoms. The fourth-order valence-electron chi connectivity index (χ4n) is 1.14. The summed E-state index contributed by atoms with van der Waals surface area (Å²) in [6, 6.07) is 7.10. The predicted molar refractivity (Wildman–Crippen MR) is 56.1 cm³/mol. The third-order valence-corrected chi connectivity index (χ3v) is 1.93. The molecule has 4 heteroatoms. The predicted octanol–water partition coefficient (Wildman–Crippen LogP) is 1.71. The summed E-state index contributed by atoms with van der Waals surface area (Å²) in [5.41, 5.74) is 6.96. The Morgan fingerprint density at radius 2 is 2.13 bits per heavy atom. The standard InChI is InChI=1S/C11H14FNO2/c12-6-3-7-15-11(14)8-9-4-1-2-5-10(9)13/h1-2,4-5H,3,6-8,13H2. The molecule has 0 saturated carbocycles. The van der Waals surface area contributed by atoms with Crippen molar-refractivity contribution in [2.24, 2.45) is 0 Å². The van der Waals surface area contributed by atoms with Gasteiger partial charge in [-0.25, -0.2) is 0 Å². The van der Waals surface area contributed by atoms with Crippen LogP contribution >= 0.6 is 0 Å². The number of ether oxygens (including phenoxy) is 1. The molecule has 1 aromatic rings. The van der Waals surface area contributed by atoms with Crippen molar-refractivity contribution in [3.8, 4) is 0 Å². The summed E-state index contributed by atoms with van der Waals surface area (Å²) >= 11 is 0. The molecule has 0 aliphatic carbocycles. The maximum Gasteiger partial charge on any atom is 0.310 e. The first kappa shape index (κ1) is 11.5. The highest BCUT2D eigenvalue weighted by Crippen LogP contribution is 2.11. The Labute approximate surface area is 88.0 Å². The molecular weight excluding hydrogens is 197 g/mol. The molecule has 0 amide bonds. The molecule has 1 rings (SSSR count). The van der Waals surface area contributed by atoms with Crippen LogP contribution in [0, 0.1) is 0 Å². The minimum Gasteiger partial charge on any atom is -0.465 e. The second-order valence-corrected chi connectivity index (χ2v) is 3.14. The molecular formula is C11H14FNO2. The van der Waals surface area contributed by atoms with E-state index in [4.69, 9.17) is 10.5 Å². The van der Waals surface area contributed by atoms with Crippen LogP contribution in [0.1, 0.15) is 12.0 Å². The number of esters is 1. The van der Waals surface area contributed by atoms with Crippen LogP contribution in [-0.4, -0.2) is 19.3 Å². The first-order chi connectivity index (χ1) is 7.24. The fraction of sp³-hybridized carbons (Fsp3) is 0.364. The lowest BCUT2D eigenvalue weighted by Crippen LogP contribution is -2.10. The largest absolute Gasteiger partial charge is 0.465 e. The van der Waals surface area contributed by atoms with Gasteiger partial charge in [0.15, 0.2) is 0 Å². The van der Waals surface area contributed by atoms with E-state index in [9.17, 15) is 9.18 Å². The molecule has 0 saturated heterocycles. The third-order valence-electron chi connectivity index (χ3n) is 1.93. The maximum absolute atomic E-state index is 11.7. The minimum atomic E-state index is -0.471. The van der Waals surface area contributed by atoms with E-state index in [2.05, 4.69) is 0 Å². The lowest BCUT2D eigenvalue weighted by atomic mass is 10.1. The number of halogens is 1. The number of rotatable bonds is 5. The number of hydrogen-bond donors (Lipinski definition) is 1. The summed E-state index contributed by atoms with van der Waals surface area (Å²) in [6.07, 6.45) is 0.384. The molecule has 2 N–H and O–H groups in total. The van der Waals surface area contributed by atoms with E-state index in [1.165, 1.54) is 0 Å². The zero-order valence-corrected chi connectivity index (χ0v) is 8.41. The molecule has 0 aliphatic heterocycles. The first-order valence-corrected chi connectivity index (χ1v) is 4.79. The first-order valence-electron chi connectivity index (χ1n) is 4.79. The van der Waals surface area contributed by atoms with Crippen LogP contribution in [0.2, 0.25) is 0 Å². The van der Waals surface area contributed by atoms with Gasteiger partial charge in [0, 0.05) is 12.1 Å². The van der Waals surface area contributed by atoms with Gasteiger partial charge in [-0.05, 0) is 11.6 Å². The average molecular weight is 211 g/mol. The summed E-state index contributed by atoms with van der Waals surface area (Å²) in [5, 5.41) is 0. The quantitative estimate of drug-likeness (QED) is 0.458. The number of alkyl halides is 1. The molecule has 0 atom stereocenters. The highest BCUT2D eigenvalue weighted by atomic mass is 19.1. The van der Waals surface area contributed by atoms with Gasteiger partial charge in [-0.15, -0.1) is 0 Å². The van der Waals surface area contributed by atoms with Gasteiger partial charge in [-0.2, -0.15) is 0 Å².